The van der Waals surface area contributed by atoms with Gasteiger partial charge in [-0.25, -0.2) is 4.68 Å². The Kier molecular flexibility index (Phi) is 5.00. The van der Waals surface area contributed by atoms with Crippen molar-refractivity contribution >= 4 is 28.6 Å². The molecule has 10 heteroatoms. The van der Waals surface area contributed by atoms with Crippen LogP contribution in [0.5, 0.6) is 0 Å². The number of halogens is 3. The normalized spacial score (nSPS) is 11.4. The first kappa shape index (κ1) is 18.6. The van der Waals surface area contributed by atoms with E-state index in [0.717, 1.165) is 21.7 Å². The van der Waals surface area contributed by atoms with Crippen LogP contribution in [0.4, 0.5) is 24.5 Å². The molecule has 0 saturated carbocycles. The van der Waals surface area contributed by atoms with E-state index in [1.54, 1.807) is 12.1 Å². The molecule has 0 atom stereocenters. The van der Waals surface area contributed by atoms with Gasteiger partial charge in [-0.3, -0.25) is 9.59 Å². The van der Waals surface area contributed by atoms with Crippen molar-refractivity contribution in [2.75, 3.05) is 11.1 Å². The van der Waals surface area contributed by atoms with E-state index in [2.05, 4.69) is 10.4 Å². The first-order chi connectivity index (χ1) is 12.8. The van der Waals surface area contributed by atoms with Crippen molar-refractivity contribution in [3.63, 3.8) is 0 Å². The Hall–Kier alpha value is -3.14. The first-order valence-electron chi connectivity index (χ1n) is 7.63. The summed E-state index contributed by atoms with van der Waals surface area (Å²) in [5.41, 5.74) is 3.89. The van der Waals surface area contributed by atoms with Gasteiger partial charge in [-0.2, -0.15) is 18.3 Å². The number of hydrogen-bond acceptors (Lipinski definition) is 5. The van der Waals surface area contributed by atoms with E-state index in [1.165, 1.54) is 29.5 Å². The zero-order chi connectivity index (χ0) is 19.6. The van der Waals surface area contributed by atoms with Crippen molar-refractivity contribution in [3.05, 3.63) is 63.8 Å². The second-order valence-corrected chi connectivity index (χ2v) is 6.46. The summed E-state index contributed by atoms with van der Waals surface area (Å²) in [6.07, 6.45) is -4.62. The summed E-state index contributed by atoms with van der Waals surface area (Å²) in [7, 11) is 0. The maximum atomic E-state index is 13.0. The van der Waals surface area contributed by atoms with Gasteiger partial charge in [0.15, 0.2) is 0 Å². The third kappa shape index (κ3) is 4.17. The van der Waals surface area contributed by atoms with Gasteiger partial charge in [0.2, 0.25) is 5.91 Å². The van der Waals surface area contributed by atoms with Gasteiger partial charge in [-0.1, -0.05) is 18.2 Å². The number of aromatic nitrogens is 2. The van der Waals surface area contributed by atoms with Crippen LogP contribution in [0.3, 0.4) is 0 Å². The topological polar surface area (TPSA) is 90.0 Å². The molecule has 2 aromatic heterocycles. The minimum absolute atomic E-state index is 0.114. The fraction of sp³-hybridized carbons (Fsp3) is 0.118. The molecule has 1 amide bonds. The standard InChI is InChI=1S/C17H13F3N4O2S/c18-17(19,20)10-4-1-2-5-12(10)22-15(25)9-24-16(26)11(21)8-13(23-24)14-6-3-7-27-14/h1-8H,9,21H2,(H,22,25). The molecule has 0 aliphatic heterocycles. The maximum Gasteiger partial charge on any atom is 0.418 e. The molecule has 3 N–H and O–H groups in total. The van der Waals surface area contributed by atoms with Gasteiger partial charge in [-0.05, 0) is 29.6 Å². The number of thiophene rings is 1. The number of nitrogens with two attached hydrogens (primary N) is 1. The van der Waals surface area contributed by atoms with E-state index < -0.39 is 35.4 Å². The van der Waals surface area contributed by atoms with Gasteiger partial charge < -0.3 is 11.1 Å². The highest BCUT2D eigenvalue weighted by molar-refractivity contribution is 7.13. The number of carbonyl (C=O) groups is 1. The van der Waals surface area contributed by atoms with Crippen molar-refractivity contribution in [1.82, 2.24) is 9.78 Å². The Balaban J connectivity index is 1.86. The minimum Gasteiger partial charge on any atom is -0.394 e. The largest absolute Gasteiger partial charge is 0.418 e. The van der Waals surface area contributed by atoms with Crippen LogP contribution in [0.2, 0.25) is 0 Å². The van der Waals surface area contributed by atoms with Crippen LogP contribution in [0.25, 0.3) is 10.6 Å². The van der Waals surface area contributed by atoms with Crippen molar-refractivity contribution in [3.8, 4) is 10.6 Å². The summed E-state index contributed by atoms with van der Waals surface area (Å²) >= 11 is 1.37. The molecule has 3 rings (SSSR count). The molecule has 6 nitrogen and oxygen atoms in total. The fourth-order valence-corrected chi connectivity index (χ4v) is 3.06. The molecule has 0 bridgehead atoms. The quantitative estimate of drug-likeness (QED) is 0.711. The number of benzene rings is 1. The predicted molar refractivity (Wildman–Crippen MR) is 96.3 cm³/mol. The molecular formula is C17H13F3N4O2S. The molecule has 0 fully saturated rings. The third-order valence-electron chi connectivity index (χ3n) is 3.58. The van der Waals surface area contributed by atoms with E-state index in [-0.39, 0.29) is 5.69 Å². The maximum absolute atomic E-state index is 13.0. The van der Waals surface area contributed by atoms with E-state index in [9.17, 15) is 22.8 Å². The molecular weight excluding hydrogens is 381 g/mol. The van der Waals surface area contributed by atoms with Crippen LogP contribution in [-0.2, 0) is 17.5 Å². The monoisotopic (exact) mass is 394 g/mol. The van der Waals surface area contributed by atoms with E-state index in [4.69, 9.17) is 5.73 Å². The van der Waals surface area contributed by atoms with Crippen molar-refractivity contribution in [2.45, 2.75) is 12.7 Å². The van der Waals surface area contributed by atoms with Crippen LogP contribution in [0.15, 0.2) is 52.6 Å². The van der Waals surface area contributed by atoms with Gasteiger partial charge in [0.05, 0.1) is 16.1 Å². The number of rotatable bonds is 4. The van der Waals surface area contributed by atoms with Gasteiger partial charge in [0.1, 0.15) is 17.9 Å². The van der Waals surface area contributed by atoms with Crippen LogP contribution < -0.4 is 16.6 Å². The molecule has 0 aliphatic rings. The number of nitrogens with zero attached hydrogens (tertiary/aromatic N) is 2. The molecule has 3 aromatic rings. The highest BCUT2D eigenvalue weighted by atomic mass is 32.1. The van der Waals surface area contributed by atoms with Gasteiger partial charge in [-0.15, -0.1) is 11.3 Å². The number of anilines is 2. The summed E-state index contributed by atoms with van der Waals surface area (Å²) in [6, 6.07) is 9.51. The van der Waals surface area contributed by atoms with Gasteiger partial charge in [0.25, 0.3) is 5.56 Å². The zero-order valence-corrected chi connectivity index (χ0v) is 14.5. The predicted octanol–water partition coefficient (Wildman–Crippen LogP) is 3.21. The molecule has 0 spiro atoms. The Morgan fingerprint density at radius 3 is 2.63 bits per heavy atom. The SMILES string of the molecule is Nc1cc(-c2cccs2)nn(CC(=O)Nc2ccccc2C(F)(F)F)c1=O. The average molecular weight is 394 g/mol. The number of amides is 1. The van der Waals surface area contributed by atoms with E-state index >= 15 is 0 Å². The number of nitrogens with one attached hydrogen (secondary N) is 1. The zero-order valence-electron chi connectivity index (χ0n) is 13.7. The minimum atomic E-state index is -4.62. The number of carbonyl (C=O) groups excluding carboxylic acids is 1. The fourth-order valence-electron chi connectivity index (χ4n) is 2.38. The lowest BCUT2D eigenvalue weighted by atomic mass is 10.1. The summed E-state index contributed by atoms with van der Waals surface area (Å²) in [6.45, 7) is -0.575. The lowest BCUT2D eigenvalue weighted by Gasteiger charge is -2.14. The molecule has 0 radical (unpaired) electrons. The van der Waals surface area contributed by atoms with Crippen LogP contribution in [0.1, 0.15) is 5.56 Å². The Bertz CT molecular complexity index is 1030. The number of nitrogen functional groups attached to an aromatic ring is 1. The molecule has 0 unspecified atom stereocenters. The highest BCUT2D eigenvalue weighted by Gasteiger charge is 2.33. The van der Waals surface area contributed by atoms with Crippen LogP contribution in [-0.4, -0.2) is 15.7 Å². The Morgan fingerprint density at radius 2 is 1.96 bits per heavy atom. The molecule has 0 aliphatic carbocycles. The number of hydrogen-bond donors (Lipinski definition) is 2. The van der Waals surface area contributed by atoms with E-state index in [0.29, 0.717) is 5.69 Å². The van der Waals surface area contributed by atoms with Gasteiger partial charge in [0, 0.05) is 0 Å². The number of alkyl halides is 3. The van der Waals surface area contributed by atoms with Crippen LogP contribution in [0, 0.1) is 0 Å². The Morgan fingerprint density at radius 1 is 1.22 bits per heavy atom. The molecule has 0 saturated heterocycles. The Labute approximate surface area is 155 Å². The van der Waals surface area contributed by atoms with Crippen molar-refractivity contribution in [2.24, 2.45) is 0 Å². The van der Waals surface area contributed by atoms with E-state index in [1.807, 2.05) is 5.38 Å². The summed E-state index contributed by atoms with van der Waals surface area (Å²) in [5.74, 6) is -0.830. The summed E-state index contributed by atoms with van der Waals surface area (Å²) < 4.78 is 39.9. The lowest BCUT2D eigenvalue weighted by molar-refractivity contribution is -0.137. The second kappa shape index (κ2) is 7.23. The van der Waals surface area contributed by atoms with Crippen molar-refractivity contribution < 1.29 is 18.0 Å². The average Bonchev–Trinajstić information content (AvgIpc) is 3.13. The smallest absolute Gasteiger partial charge is 0.394 e. The van der Waals surface area contributed by atoms with Crippen LogP contribution >= 0.6 is 11.3 Å². The highest BCUT2D eigenvalue weighted by Crippen LogP contribution is 2.34. The molecule has 1 aromatic carbocycles. The molecule has 2 heterocycles. The van der Waals surface area contributed by atoms with Gasteiger partial charge >= 0.3 is 6.18 Å². The second-order valence-electron chi connectivity index (χ2n) is 5.52. The lowest BCUT2D eigenvalue weighted by Crippen LogP contribution is -2.31. The molecule has 27 heavy (non-hydrogen) atoms. The molecule has 140 valence electrons. The first-order valence-corrected chi connectivity index (χ1v) is 8.51. The summed E-state index contributed by atoms with van der Waals surface area (Å²) in [5, 5.41) is 8.06. The summed E-state index contributed by atoms with van der Waals surface area (Å²) in [4.78, 5) is 25.1. The third-order valence-corrected chi connectivity index (χ3v) is 4.47. The number of para-hydroxylation sites is 1. The van der Waals surface area contributed by atoms with Crippen molar-refractivity contribution in [1.29, 1.82) is 0 Å².